The largest absolute Gasteiger partial charge is 0.465 e. The normalized spacial score (nSPS) is 12.7. The van der Waals surface area contributed by atoms with Crippen LogP contribution in [0.1, 0.15) is 6.92 Å². The first-order valence-corrected chi connectivity index (χ1v) is 2.74. The monoisotopic (exact) mass is 133 g/mol. The number of aliphatic hydroxyl groups is 1. The third kappa shape index (κ3) is 5.10. The zero-order valence-electron chi connectivity index (χ0n) is 5.29. The molecule has 0 fully saturated rings. The summed E-state index contributed by atoms with van der Waals surface area (Å²) in [5.74, 6) is 0.00102. The van der Waals surface area contributed by atoms with Crippen LogP contribution in [-0.2, 0) is 0 Å². The van der Waals surface area contributed by atoms with Gasteiger partial charge in [-0.05, 0) is 5.92 Å². The molecule has 0 unspecified atom stereocenters. The summed E-state index contributed by atoms with van der Waals surface area (Å²) in [6.45, 7) is 2.09. The van der Waals surface area contributed by atoms with Crippen LogP contribution >= 0.6 is 0 Å². The van der Waals surface area contributed by atoms with Gasteiger partial charge in [0.25, 0.3) is 0 Å². The fourth-order valence-corrected chi connectivity index (χ4v) is 0.326. The molecule has 9 heavy (non-hydrogen) atoms. The Hall–Kier alpha value is -0.770. The lowest BCUT2D eigenvalue weighted by atomic mass is 10.2. The molecular weight excluding hydrogens is 122 g/mol. The zero-order chi connectivity index (χ0) is 7.28. The van der Waals surface area contributed by atoms with Crippen molar-refractivity contribution in [3.05, 3.63) is 0 Å². The number of carboxylic acid groups (broad SMARTS) is 1. The Labute approximate surface area is 53.5 Å². The topological polar surface area (TPSA) is 69.6 Å². The van der Waals surface area contributed by atoms with Crippen molar-refractivity contribution in [3.8, 4) is 0 Å². The smallest absolute Gasteiger partial charge is 0.404 e. The van der Waals surface area contributed by atoms with Crippen molar-refractivity contribution in [1.82, 2.24) is 5.32 Å². The van der Waals surface area contributed by atoms with Gasteiger partial charge in [-0.1, -0.05) is 6.92 Å². The van der Waals surface area contributed by atoms with Crippen molar-refractivity contribution in [2.75, 3.05) is 13.2 Å². The SMILES string of the molecule is C[C@H](CO)CNC(=O)O. The van der Waals surface area contributed by atoms with Crippen molar-refractivity contribution < 1.29 is 15.0 Å². The quantitative estimate of drug-likeness (QED) is 0.502. The number of amides is 1. The first kappa shape index (κ1) is 8.23. The van der Waals surface area contributed by atoms with Gasteiger partial charge in [-0.25, -0.2) is 4.79 Å². The van der Waals surface area contributed by atoms with Gasteiger partial charge in [-0.15, -0.1) is 0 Å². The maximum absolute atomic E-state index is 9.83. The van der Waals surface area contributed by atoms with Crippen LogP contribution < -0.4 is 5.32 Å². The number of nitrogens with one attached hydrogen (secondary N) is 1. The molecule has 54 valence electrons. The van der Waals surface area contributed by atoms with E-state index in [2.05, 4.69) is 5.32 Å². The van der Waals surface area contributed by atoms with Gasteiger partial charge in [0.2, 0.25) is 0 Å². The molecular formula is C5H11NO3. The first-order chi connectivity index (χ1) is 4.16. The van der Waals surface area contributed by atoms with Gasteiger partial charge < -0.3 is 15.5 Å². The molecule has 0 aromatic heterocycles. The predicted molar refractivity (Wildman–Crippen MR) is 32.3 cm³/mol. The Morgan fingerprint density at radius 3 is 2.67 bits per heavy atom. The summed E-state index contributed by atoms with van der Waals surface area (Å²) in [6, 6.07) is 0. The summed E-state index contributed by atoms with van der Waals surface area (Å²) < 4.78 is 0. The fourth-order valence-electron chi connectivity index (χ4n) is 0.326. The first-order valence-electron chi connectivity index (χ1n) is 2.74. The van der Waals surface area contributed by atoms with Gasteiger partial charge in [0, 0.05) is 13.2 Å². The van der Waals surface area contributed by atoms with Crippen molar-refractivity contribution >= 4 is 6.09 Å². The lowest BCUT2D eigenvalue weighted by Gasteiger charge is -2.05. The van der Waals surface area contributed by atoms with E-state index >= 15 is 0 Å². The maximum atomic E-state index is 9.83. The number of rotatable bonds is 3. The lowest BCUT2D eigenvalue weighted by Crippen LogP contribution is -2.27. The van der Waals surface area contributed by atoms with Crippen LogP contribution in [0.25, 0.3) is 0 Å². The Morgan fingerprint density at radius 2 is 2.33 bits per heavy atom. The minimum Gasteiger partial charge on any atom is -0.465 e. The number of hydrogen-bond donors (Lipinski definition) is 3. The highest BCUT2D eigenvalue weighted by atomic mass is 16.4. The van der Waals surface area contributed by atoms with Gasteiger partial charge in [-0.3, -0.25) is 0 Å². The third-order valence-electron chi connectivity index (χ3n) is 0.913. The molecule has 1 amide bonds. The van der Waals surface area contributed by atoms with Crippen LogP contribution in [0.3, 0.4) is 0 Å². The summed E-state index contributed by atoms with van der Waals surface area (Å²) in [5.41, 5.74) is 0. The number of hydrogen-bond acceptors (Lipinski definition) is 2. The molecule has 0 saturated heterocycles. The van der Waals surface area contributed by atoms with E-state index in [9.17, 15) is 4.79 Å². The van der Waals surface area contributed by atoms with E-state index in [4.69, 9.17) is 10.2 Å². The van der Waals surface area contributed by atoms with Crippen molar-refractivity contribution in [2.45, 2.75) is 6.92 Å². The molecule has 0 spiro atoms. The van der Waals surface area contributed by atoms with Crippen molar-refractivity contribution in [2.24, 2.45) is 5.92 Å². The van der Waals surface area contributed by atoms with Crippen LogP contribution in [0.15, 0.2) is 0 Å². The molecule has 0 aliphatic heterocycles. The molecule has 0 rings (SSSR count). The average molecular weight is 133 g/mol. The van der Waals surface area contributed by atoms with E-state index < -0.39 is 6.09 Å². The molecule has 0 saturated carbocycles. The molecule has 4 nitrogen and oxygen atoms in total. The van der Waals surface area contributed by atoms with E-state index in [1.165, 1.54) is 0 Å². The Balaban J connectivity index is 3.16. The third-order valence-corrected chi connectivity index (χ3v) is 0.913. The second-order valence-electron chi connectivity index (χ2n) is 1.97. The minimum atomic E-state index is -1.05. The molecule has 3 N–H and O–H groups in total. The highest BCUT2D eigenvalue weighted by Crippen LogP contribution is 1.87. The minimum absolute atomic E-state index is 0.00102. The predicted octanol–water partition coefficient (Wildman–Crippen LogP) is -0.118. The van der Waals surface area contributed by atoms with E-state index in [0.29, 0.717) is 6.54 Å². The summed E-state index contributed by atoms with van der Waals surface area (Å²) in [6.07, 6.45) is -1.05. The summed E-state index contributed by atoms with van der Waals surface area (Å²) in [7, 11) is 0. The molecule has 0 bridgehead atoms. The van der Waals surface area contributed by atoms with Crippen LogP contribution in [-0.4, -0.2) is 29.5 Å². The molecule has 0 aliphatic rings. The summed E-state index contributed by atoms with van der Waals surface area (Å²) in [4.78, 5) is 9.83. The Kier molecular flexibility index (Phi) is 3.79. The zero-order valence-corrected chi connectivity index (χ0v) is 5.29. The van der Waals surface area contributed by atoms with E-state index in [1.807, 2.05) is 0 Å². The Bertz CT molecular complexity index is 94.2. The van der Waals surface area contributed by atoms with Crippen LogP contribution in [0.4, 0.5) is 4.79 Å². The van der Waals surface area contributed by atoms with E-state index in [-0.39, 0.29) is 12.5 Å². The van der Waals surface area contributed by atoms with E-state index in [0.717, 1.165) is 0 Å². The van der Waals surface area contributed by atoms with E-state index in [1.54, 1.807) is 6.92 Å². The van der Waals surface area contributed by atoms with Crippen molar-refractivity contribution in [3.63, 3.8) is 0 Å². The molecule has 0 heterocycles. The van der Waals surface area contributed by atoms with Gasteiger partial charge in [0.1, 0.15) is 0 Å². The standard InChI is InChI=1S/C5H11NO3/c1-4(3-7)2-6-5(8)9/h4,6-7H,2-3H2,1H3,(H,8,9)/t4-/m0/s1. The number of aliphatic hydroxyl groups excluding tert-OH is 1. The molecule has 0 aromatic carbocycles. The second-order valence-corrected chi connectivity index (χ2v) is 1.97. The molecule has 0 radical (unpaired) electrons. The average Bonchev–Trinajstić information content (AvgIpc) is 1.83. The highest BCUT2D eigenvalue weighted by molar-refractivity contribution is 5.64. The van der Waals surface area contributed by atoms with Crippen LogP contribution in [0.2, 0.25) is 0 Å². The second kappa shape index (κ2) is 4.14. The summed E-state index contributed by atoms with van der Waals surface area (Å²) >= 11 is 0. The number of carbonyl (C=O) groups is 1. The van der Waals surface area contributed by atoms with Crippen LogP contribution in [0.5, 0.6) is 0 Å². The molecule has 1 atom stereocenters. The molecule has 0 aliphatic carbocycles. The maximum Gasteiger partial charge on any atom is 0.404 e. The van der Waals surface area contributed by atoms with Gasteiger partial charge >= 0.3 is 6.09 Å². The molecule has 0 aromatic rings. The van der Waals surface area contributed by atoms with Gasteiger partial charge in [0.15, 0.2) is 0 Å². The van der Waals surface area contributed by atoms with Crippen LogP contribution in [0, 0.1) is 5.92 Å². The highest BCUT2D eigenvalue weighted by Gasteiger charge is 2.00. The Morgan fingerprint density at radius 1 is 1.78 bits per heavy atom. The lowest BCUT2D eigenvalue weighted by molar-refractivity contribution is 0.186. The fraction of sp³-hybridized carbons (Fsp3) is 0.800. The van der Waals surface area contributed by atoms with Gasteiger partial charge in [0.05, 0.1) is 0 Å². The van der Waals surface area contributed by atoms with Crippen molar-refractivity contribution in [1.29, 1.82) is 0 Å². The molecule has 4 heteroatoms. The van der Waals surface area contributed by atoms with Gasteiger partial charge in [-0.2, -0.15) is 0 Å². The summed E-state index contributed by atoms with van der Waals surface area (Å²) in [5, 5.41) is 18.6.